The first-order chi connectivity index (χ1) is 9.15. The lowest BCUT2D eigenvalue weighted by atomic mass is 10.1. The molecule has 3 aromatic rings. The monoisotopic (exact) mass is 383 g/mol. The fourth-order valence-electron chi connectivity index (χ4n) is 1.88. The molecule has 3 rings (SSSR count). The zero-order valence-corrected chi connectivity index (χ0v) is 12.7. The predicted octanol–water partition coefficient (Wildman–Crippen LogP) is 3.09. The lowest BCUT2D eigenvalue weighted by molar-refractivity contribution is 1.20. The number of halogens is 1. The number of hydrogen-bond donors (Lipinski definition) is 2. The molecule has 6 heteroatoms. The summed E-state index contributed by atoms with van der Waals surface area (Å²) in [7, 11) is 0. The van der Waals surface area contributed by atoms with E-state index in [0.29, 0.717) is 10.2 Å². The highest BCUT2D eigenvalue weighted by Gasteiger charge is 2.15. The first-order valence-corrected chi connectivity index (χ1v) is 7.69. The van der Waals surface area contributed by atoms with E-state index >= 15 is 0 Å². The summed E-state index contributed by atoms with van der Waals surface area (Å²) in [5.74, 6) is 0.163. The van der Waals surface area contributed by atoms with E-state index in [1.165, 1.54) is 16.9 Å². The average molecular weight is 383 g/mol. The molecule has 4 nitrogen and oxygen atoms in total. The number of fused-ring (bicyclic) bond motifs is 1. The minimum Gasteiger partial charge on any atom is -0.369 e. The van der Waals surface area contributed by atoms with Crippen LogP contribution in [-0.2, 0) is 0 Å². The van der Waals surface area contributed by atoms with Gasteiger partial charge in [0.25, 0.3) is 5.56 Å². The maximum absolute atomic E-state index is 11.8. The van der Waals surface area contributed by atoms with Crippen molar-refractivity contribution >= 4 is 50.1 Å². The molecular weight excluding hydrogens is 373 g/mol. The first-order valence-electron chi connectivity index (χ1n) is 5.63. The quantitative estimate of drug-likeness (QED) is 0.528. The number of H-pyrrole nitrogens is 1. The number of rotatable bonds is 2. The van der Waals surface area contributed by atoms with Crippen molar-refractivity contribution in [3.8, 4) is 0 Å². The molecule has 0 radical (unpaired) electrons. The Morgan fingerprint density at radius 1 is 1.32 bits per heavy atom. The molecule has 0 saturated heterocycles. The summed E-state index contributed by atoms with van der Waals surface area (Å²) in [6, 6.07) is 12.1. The van der Waals surface area contributed by atoms with Crippen molar-refractivity contribution in [1.82, 2.24) is 9.97 Å². The van der Waals surface area contributed by atoms with E-state index in [9.17, 15) is 4.79 Å². The molecule has 0 fully saturated rings. The van der Waals surface area contributed by atoms with Gasteiger partial charge < -0.3 is 5.73 Å². The molecule has 2 aromatic heterocycles. The number of alkyl halides is 1. The standard InChI is InChI=1S/C13H10IN3OS/c14-10(7-4-2-1-3-5-7)9-6-8-11(18)16-13(15)17-12(8)19-9/h1-6,10H,(H3,15,16,17,18). The molecule has 1 unspecified atom stereocenters. The van der Waals surface area contributed by atoms with Crippen molar-refractivity contribution in [2.24, 2.45) is 0 Å². The highest BCUT2D eigenvalue weighted by Crippen LogP contribution is 2.37. The van der Waals surface area contributed by atoms with E-state index in [1.807, 2.05) is 24.3 Å². The molecule has 1 aromatic carbocycles. The zero-order valence-electron chi connectivity index (χ0n) is 9.76. The Morgan fingerprint density at radius 2 is 2.05 bits per heavy atom. The van der Waals surface area contributed by atoms with Gasteiger partial charge in [0.15, 0.2) is 0 Å². The van der Waals surface area contributed by atoms with Crippen molar-refractivity contribution in [3.05, 3.63) is 57.2 Å². The minimum atomic E-state index is -0.179. The lowest BCUT2D eigenvalue weighted by Gasteiger charge is -2.06. The molecule has 96 valence electrons. The first kappa shape index (κ1) is 12.6. The van der Waals surface area contributed by atoms with Crippen LogP contribution in [0.15, 0.2) is 41.2 Å². The predicted molar refractivity (Wildman–Crippen MR) is 87.0 cm³/mol. The molecule has 3 N–H and O–H groups in total. The van der Waals surface area contributed by atoms with Crippen molar-refractivity contribution in [2.75, 3.05) is 5.73 Å². The normalized spacial score (nSPS) is 12.7. The molecule has 0 spiro atoms. The fraction of sp³-hybridized carbons (Fsp3) is 0.0769. The van der Waals surface area contributed by atoms with Gasteiger partial charge in [-0.25, -0.2) is 4.98 Å². The van der Waals surface area contributed by atoms with E-state index < -0.39 is 0 Å². The number of nitrogens with zero attached hydrogens (tertiary/aromatic N) is 1. The van der Waals surface area contributed by atoms with Crippen LogP contribution in [-0.4, -0.2) is 9.97 Å². The van der Waals surface area contributed by atoms with Gasteiger partial charge in [-0.3, -0.25) is 9.78 Å². The topological polar surface area (TPSA) is 71.8 Å². The number of anilines is 1. The Hall–Kier alpha value is -1.41. The average Bonchev–Trinajstić information content (AvgIpc) is 2.83. The summed E-state index contributed by atoms with van der Waals surface area (Å²) in [5.41, 5.74) is 6.59. The smallest absolute Gasteiger partial charge is 0.261 e. The van der Waals surface area contributed by atoms with Crippen LogP contribution in [0.25, 0.3) is 10.2 Å². The molecule has 0 bridgehead atoms. The minimum absolute atomic E-state index is 0.163. The second-order valence-electron chi connectivity index (χ2n) is 4.09. The number of hydrogen-bond acceptors (Lipinski definition) is 4. The molecule has 1 atom stereocenters. The van der Waals surface area contributed by atoms with Gasteiger partial charge in [0.1, 0.15) is 4.83 Å². The third-order valence-corrected chi connectivity index (χ3v) is 5.69. The molecule has 19 heavy (non-hydrogen) atoms. The van der Waals surface area contributed by atoms with Gasteiger partial charge in [-0.05, 0) is 11.6 Å². The zero-order chi connectivity index (χ0) is 13.4. The van der Waals surface area contributed by atoms with Gasteiger partial charge in [0.2, 0.25) is 5.95 Å². The van der Waals surface area contributed by atoms with Gasteiger partial charge in [-0.2, -0.15) is 0 Å². The van der Waals surface area contributed by atoms with E-state index in [2.05, 4.69) is 44.7 Å². The Kier molecular flexibility index (Phi) is 3.28. The molecule has 0 saturated carbocycles. The summed E-state index contributed by atoms with van der Waals surface area (Å²) in [4.78, 5) is 20.3. The summed E-state index contributed by atoms with van der Waals surface area (Å²) in [6.07, 6.45) is 0. The third-order valence-electron chi connectivity index (χ3n) is 2.78. The SMILES string of the molecule is Nc1nc2sc(C(I)c3ccccc3)cc2c(=O)[nH]1. The number of nitrogens with two attached hydrogens (primary N) is 1. The number of aromatic amines is 1. The van der Waals surface area contributed by atoms with Crippen LogP contribution in [0, 0.1) is 0 Å². The van der Waals surface area contributed by atoms with Crippen LogP contribution in [0.2, 0.25) is 0 Å². The number of thiophene rings is 1. The van der Waals surface area contributed by atoms with Crippen LogP contribution in [0.4, 0.5) is 5.95 Å². The molecule has 0 aliphatic carbocycles. The largest absolute Gasteiger partial charge is 0.369 e. The van der Waals surface area contributed by atoms with E-state index in [-0.39, 0.29) is 15.4 Å². The van der Waals surface area contributed by atoms with E-state index in [0.717, 1.165) is 4.88 Å². The van der Waals surface area contributed by atoms with E-state index in [4.69, 9.17) is 5.73 Å². The van der Waals surface area contributed by atoms with Crippen molar-refractivity contribution in [1.29, 1.82) is 0 Å². The van der Waals surface area contributed by atoms with Gasteiger partial charge in [-0.15, -0.1) is 11.3 Å². The van der Waals surface area contributed by atoms with Crippen LogP contribution in [0.3, 0.4) is 0 Å². The second-order valence-corrected chi connectivity index (χ2v) is 6.40. The van der Waals surface area contributed by atoms with Crippen molar-refractivity contribution in [3.63, 3.8) is 0 Å². The van der Waals surface area contributed by atoms with Crippen molar-refractivity contribution in [2.45, 2.75) is 3.92 Å². The molecule has 0 aliphatic heterocycles. The maximum Gasteiger partial charge on any atom is 0.261 e. The Bertz CT molecular complexity index is 781. The molecule has 0 amide bonds. The van der Waals surface area contributed by atoms with E-state index in [1.54, 1.807) is 0 Å². The summed E-state index contributed by atoms with van der Waals surface area (Å²) in [5, 5.41) is 0.604. The molecule has 2 heterocycles. The second kappa shape index (κ2) is 4.93. The number of benzene rings is 1. The van der Waals surface area contributed by atoms with Crippen LogP contribution >= 0.6 is 33.9 Å². The maximum atomic E-state index is 11.8. The van der Waals surface area contributed by atoms with Gasteiger partial charge in [-0.1, -0.05) is 52.9 Å². The summed E-state index contributed by atoms with van der Waals surface area (Å²) in [6.45, 7) is 0. The Balaban J connectivity index is 2.12. The fourth-order valence-corrected chi connectivity index (χ4v) is 3.90. The number of aromatic nitrogens is 2. The highest BCUT2D eigenvalue weighted by molar-refractivity contribution is 14.1. The van der Waals surface area contributed by atoms with Gasteiger partial charge >= 0.3 is 0 Å². The lowest BCUT2D eigenvalue weighted by Crippen LogP contribution is -2.09. The van der Waals surface area contributed by atoms with Crippen LogP contribution in [0.1, 0.15) is 14.4 Å². The third kappa shape index (κ3) is 2.37. The summed E-state index contributed by atoms with van der Waals surface area (Å²) < 4.78 is 0.207. The Labute approximate surface area is 126 Å². The molecule has 0 aliphatic rings. The molecular formula is C13H10IN3OS. The van der Waals surface area contributed by atoms with Crippen LogP contribution in [0.5, 0.6) is 0 Å². The number of nitrogen functional groups attached to an aromatic ring is 1. The highest BCUT2D eigenvalue weighted by atomic mass is 127. The number of nitrogens with one attached hydrogen (secondary N) is 1. The summed E-state index contributed by atoms with van der Waals surface area (Å²) >= 11 is 3.88. The van der Waals surface area contributed by atoms with Gasteiger partial charge in [0.05, 0.1) is 9.31 Å². The van der Waals surface area contributed by atoms with Gasteiger partial charge in [0, 0.05) is 4.88 Å². The van der Waals surface area contributed by atoms with Crippen molar-refractivity contribution < 1.29 is 0 Å². The van der Waals surface area contributed by atoms with Crippen LogP contribution < -0.4 is 11.3 Å². The Morgan fingerprint density at radius 3 is 2.79 bits per heavy atom.